The van der Waals surface area contributed by atoms with Crippen LogP contribution in [0.4, 0.5) is 18.9 Å². The number of anilines is 1. The van der Waals surface area contributed by atoms with Gasteiger partial charge in [0.25, 0.3) is 5.56 Å². The molecule has 0 spiro atoms. The number of halogens is 5. The number of allylic oxidation sites excluding steroid dienone is 2. The van der Waals surface area contributed by atoms with E-state index in [9.17, 15) is 22.8 Å². The molecule has 2 aromatic heterocycles. The van der Waals surface area contributed by atoms with Crippen LogP contribution < -0.4 is 32.8 Å². The molecule has 0 fully saturated rings. The first-order valence-electron chi connectivity index (χ1n) is 13.6. The molecule has 238 valence electrons. The smallest absolute Gasteiger partial charge is 0.393 e. The second-order valence-electron chi connectivity index (χ2n) is 10.3. The van der Waals surface area contributed by atoms with Gasteiger partial charge < -0.3 is 21.8 Å². The van der Waals surface area contributed by atoms with Gasteiger partial charge in [-0.3, -0.25) is 24.1 Å². The highest BCUT2D eigenvalue weighted by Gasteiger charge is 2.32. The summed E-state index contributed by atoms with van der Waals surface area (Å²) in [7, 11) is 1.67. The van der Waals surface area contributed by atoms with E-state index in [1.807, 2.05) is 0 Å². The molecule has 3 heterocycles. The molecule has 7 N–H and O–H groups in total. The van der Waals surface area contributed by atoms with Crippen molar-refractivity contribution in [2.45, 2.75) is 38.4 Å². The summed E-state index contributed by atoms with van der Waals surface area (Å²) in [5.41, 5.74) is 5.50. The van der Waals surface area contributed by atoms with Gasteiger partial charge in [-0.15, -0.1) is 0 Å². The SMILES string of the molecule is CN/C1=C(\C=N)NC(=O)C(C)CCCC(n2cnc(-c3cc(Cl)ccc3N(N)/C=C(\N)C(F)(F)F)c(Br)c2=O)c2cc1ccn2. The largest absolute Gasteiger partial charge is 0.432 e. The van der Waals surface area contributed by atoms with E-state index in [1.54, 1.807) is 32.3 Å². The van der Waals surface area contributed by atoms with Crippen LogP contribution in [0.2, 0.25) is 5.02 Å². The fourth-order valence-corrected chi connectivity index (χ4v) is 5.59. The topological polar surface area (TPSA) is 168 Å². The van der Waals surface area contributed by atoms with Gasteiger partial charge in [-0.05, 0) is 59.1 Å². The molecule has 3 aromatic rings. The number of hydrogen-bond donors (Lipinski definition) is 5. The molecule has 1 amide bonds. The van der Waals surface area contributed by atoms with Crippen LogP contribution in [0.1, 0.15) is 43.5 Å². The number of benzene rings is 1. The van der Waals surface area contributed by atoms with Crippen molar-refractivity contribution in [2.24, 2.45) is 17.5 Å². The van der Waals surface area contributed by atoms with Crippen LogP contribution in [-0.2, 0) is 4.79 Å². The van der Waals surface area contributed by atoms with Crippen LogP contribution in [0.3, 0.4) is 0 Å². The highest BCUT2D eigenvalue weighted by atomic mass is 79.9. The zero-order valence-corrected chi connectivity index (χ0v) is 26.5. The number of carbonyl (C=O) groups is 1. The molecule has 2 bridgehead atoms. The minimum atomic E-state index is -4.81. The first kappa shape index (κ1) is 33.7. The maximum absolute atomic E-state index is 13.9. The van der Waals surface area contributed by atoms with Gasteiger partial charge in [0.15, 0.2) is 0 Å². The monoisotopic (exact) mass is 707 g/mol. The lowest BCUT2D eigenvalue weighted by molar-refractivity contribution is -0.123. The maximum Gasteiger partial charge on any atom is 0.432 e. The van der Waals surface area contributed by atoms with Gasteiger partial charge in [0.05, 0.1) is 40.8 Å². The molecule has 0 aliphatic carbocycles. The number of hydrazine groups is 1. The maximum atomic E-state index is 13.9. The normalized spacial score (nSPS) is 19.6. The Morgan fingerprint density at radius 2 is 1.98 bits per heavy atom. The van der Waals surface area contributed by atoms with E-state index in [1.165, 1.54) is 29.1 Å². The lowest BCUT2D eigenvalue weighted by Gasteiger charge is -2.24. The van der Waals surface area contributed by atoms with Crippen LogP contribution in [0.25, 0.3) is 17.0 Å². The Kier molecular flexibility index (Phi) is 10.4. The van der Waals surface area contributed by atoms with Crippen LogP contribution in [0.5, 0.6) is 0 Å². The summed E-state index contributed by atoms with van der Waals surface area (Å²) in [5, 5.41) is 14.7. The number of amides is 1. The van der Waals surface area contributed by atoms with Gasteiger partial charge in [0.1, 0.15) is 10.2 Å². The van der Waals surface area contributed by atoms with E-state index in [4.69, 9.17) is 28.6 Å². The molecule has 16 heteroatoms. The molecule has 2 unspecified atom stereocenters. The third-order valence-electron chi connectivity index (χ3n) is 7.27. The number of nitrogens with two attached hydrogens (primary N) is 2. The molecule has 0 saturated carbocycles. The second-order valence-corrected chi connectivity index (χ2v) is 11.5. The zero-order valence-electron chi connectivity index (χ0n) is 24.1. The van der Waals surface area contributed by atoms with Crippen molar-refractivity contribution in [3.63, 3.8) is 0 Å². The standard InChI is InChI=1S/C29H30BrClF3N9O2/c1-15-4-3-5-22(19-10-16(8-9-39-19)25(38-2)20(12-35)41-27(15)44)42-14-40-26(24(30)28(42)45)18-11-17(31)6-7-21(18)43(37)13-23(36)29(32,33)34/h6-15,22,35,38H,3-5,36-37H2,1-2H3,(H,41,44)/b23-13-,25-20+,35-12?. The Bertz CT molecular complexity index is 1740. The van der Waals surface area contributed by atoms with Crippen LogP contribution in [0.15, 0.2) is 69.7 Å². The second kappa shape index (κ2) is 13.8. The van der Waals surface area contributed by atoms with Crippen LogP contribution in [-0.4, -0.2) is 39.9 Å². The first-order valence-corrected chi connectivity index (χ1v) is 14.8. The average molecular weight is 709 g/mol. The first-order chi connectivity index (χ1) is 21.3. The van der Waals surface area contributed by atoms with Gasteiger partial charge in [0.2, 0.25) is 5.91 Å². The van der Waals surface area contributed by atoms with E-state index in [0.717, 1.165) is 6.21 Å². The Hall–Kier alpha value is -4.21. The molecule has 2 atom stereocenters. The quantitative estimate of drug-likeness (QED) is 0.138. The summed E-state index contributed by atoms with van der Waals surface area (Å²) in [6.45, 7) is 1.79. The predicted octanol–water partition coefficient (Wildman–Crippen LogP) is 4.83. The molecule has 0 saturated heterocycles. The van der Waals surface area contributed by atoms with Crippen molar-refractivity contribution in [3.8, 4) is 11.3 Å². The van der Waals surface area contributed by atoms with Crippen molar-refractivity contribution in [1.29, 1.82) is 5.41 Å². The molecule has 1 aromatic carbocycles. The van der Waals surface area contributed by atoms with Gasteiger partial charge in [-0.25, -0.2) is 10.8 Å². The number of rotatable bonds is 6. The number of aromatic nitrogens is 3. The summed E-state index contributed by atoms with van der Waals surface area (Å²) in [4.78, 5) is 35.8. The fourth-order valence-electron chi connectivity index (χ4n) is 4.89. The number of hydrogen-bond acceptors (Lipinski definition) is 9. The predicted molar refractivity (Wildman–Crippen MR) is 170 cm³/mol. The highest BCUT2D eigenvalue weighted by Crippen LogP contribution is 2.36. The van der Waals surface area contributed by atoms with Crippen molar-refractivity contribution >= 4 is 51.0 Å². The van der Waals surface area contributed by atoms with Crippen molar-refractivity contribution in [1.82, 2.24) is 25.2 Å². The minimum Gasteiger partial charge on any atom is -0.393 e. The third-order valence-corrected chi connectivity index (χ3v) is 8.22. The van der Waals surface area contributed by atoms with Crippen molar-refractivity contribution < 1.29 is 18.0 Å². The van der Waals surface area contributed by atoms with Crippen LogP contribution in [0, 0.1) is 11.3 Å². The Balaban J connectivity index is 1.85. The molecule has 1 aliphatic heterocycles. The summed E-state index contributed by atoms with van der Waals surface area (Å²) in [6, 6.07) is 7.11. The Morgan fingerprint density at radius 3 is 2.64 bits per heavy atom. The lowest BCUT2D eigenvalue weighted by Crippen LogP contribution is -2.32. The number of nitrogens with zero attached hydrogens (tertiary/aromatic N) is 4. The molecule has 0 radical (unpaired) electrons. The molecule has 4 rings (SSSR count). The Morgan fingerprint density at radius 1 is 1.24 bits per heavy atom. The van der Waals surface area contributed by atoms with Crippen LogP contribution >= 0.6 is 27.5 Å². The van der Waals surface area contributed by atoms with E-state index < -0.39 is 23.5 Å². The molecule has 45 heavy (non-hydrogen) atoms. The lowest BCUT2D eigenvalue weighted by atomic mass is 9.96. The number of fused-ring (bicyclic) bond motifs is 2. The molecule has 11 nitrogen and oxygen atoms in total. The van der Waals surface area contributed by atoms with Gasteiger partial charge >= 0.3 is 6.18 Å². The number of nitrogens with one attached hydrogen (secondary N) is 3. The Labute approximate surface area is 269 Å². The fraction of sp³-hybridized carbons (Fsp3) is 0.276. The molecular formula is C29H30BrClF3N9O2. The summed E-state index contributed by atoms with van der Waals surface area (Å²) in [5.74, 6) is 5.33. The molecule has 1 aliphatic rings. The third kappa shape index (κ3) is 7.37. The van der Waals surface area contributed by atoms with E-state index in [-0.39, 0.29) is 44.0 Å². The minimum absolute atomic E-state index is 0.00612. The van der Waals surface area contributed by atoms with E-state index in [0.29, 0.717) is 47.4 Å². The van der Waals surface area contributed by atoms with Crippen molar-refractivity contribution in [3.05, 3.63) is 91.6 Å². The summed E-state index contributed by atoms with van der Waals surface area (Å²) >= 11 is 9.57. The van der Waals surface area contributed by atoms with Gasteiger partial charge in [-0.1, -0.05) is 24.9 Å². The van der Waals surface area contributed by atoms with E-state index in [2.05, 4.69) is 36.5 Å². The van der Waals surface area contributed by atoms with Gasteiger partial charge in [0, 0.05) is 47.7 Å². The van der Waals surface area contributed by atoms with Gasteiger partial charge in [-0.2, -0.15) is 13.2 Å². The summed E-state index contributed by atoms with van der Waals surface area (Å²) in [6.07, 6.45) is 1.14. The number of alkyl halides is 3. The summed E-state index contributed by atoms with van der Waals surface area (Å²) < 4.78 is 40.7. The van der Waals surface area contributed by atoms with E-state index >= 15 is 0 Å². The average Bonchev–Trinajstić information content (AvgIpc) is 2.99. The van der Waals surface area contributed by atoms with Crippen molar-refractivity contribution in [2.75, 3.05) is 12.1 Å². The zero-order chi connectivity index (χ0) is 33.1. The highest BCUT2D eigenvalue weighted by molar-refractivity contribution is 9.10. The number of pyridine rings is 1. The number of carbonyl (C=O) groups excluding carboxylic acids is 1. The molecular weight excluding hydrogens is 679 g/mol.